The summed E-state index contributed by atoms with van der Waals surface area (Å²) in [5.41, 5.74) is 1.64. The molecule has 0 saturated heterocycles. The molecule has 1 aromatic carbocycles. The number of aliphatic hydroxyl groups excluding tert-OH is 1. The number of hydrogen-bond donors (Lipinski definition) is 3. The van der Waals surface area contributed by atoms with Crippen molar-refractivity contribution in [3.63, 3.8) is 0 Å². The molecule has 326 valence electrons. The Morgan fingerprint density at radius 3 is 2.29 bits per heavy atom. The van der Waals surface area contributed by atoms with Crippen molar-refractivity contribution in [2.45, 2.75) is 176 Å². The van der Waals surface area contributed by atoms with E-state index in [-0.39, 0.29) is 36.8 Å². The number of nitrogens with zero attached hydrogens (tertiary/aromatic N) is 1. The molecule has 4 aliphatic carbocycles. The van der Waals surface area contributed by atoms with E-state index in [1.54, 1.807) is 45.0 Å². The molecule has 0 aliphatic heterocycles. The molecule has 3 saturated carbocycles. The van der Waals surface area contributed by atoms with E-state index in [1.165, 1.54) is 50.5 Å². The Balaban J connectivity index is 1.32. The van der Waals surface area contributed by atoms with Gasteiger partial charge >= 0.3 is 12.1 Å². The second-order valence-corrected chi connectivity index (χ2v) is 21.1. The molecule has 0 heterocycles. The van der Waals surface area contributed by atoms with Crippen LogP contribution in [0.3, 0.4) is 0 Å². The van der Waals surface area contributed by atoms with Crippen LogP contribution in [-0.2, 0) is 20.7 Å². The molecule has 0 spiro atoms. The predicted molar refractivity (Wildman–Crippen MR) is 230 cm³/mol. The zero-order valence-electron chi connectivity index (χ0n) is 37.6. The largest absolute Gasteiger partial charge is 0.491 e. The molecule has 10 atom stereocenters. The van der Waals surface area contributed by atoms with Crippen molar-refractivity contribution in [1.29, 1.82) is 0 Å². The molecule has 4 aliphatic rings. The maximum Gasteiger partial charge on any atom is 0.417 e. The normalized spacial score (nSPS) is 29.7. The number of carbonyl (C=O) groups excluding carboxylic acids is 2. The summed E-state index contributed by atoms with van der Waals surface area (Å²) in [6, 6.07) is 6.46. The highest BCUT2D eigenvalue weighted by Crippen LogP contribution is 2.67. The highest BCUT2D eigenvalue weighted by Gasteiger charge is 2.59. The molecular weight excluding hydrogens is 729 g/mol. The van der Waals surface area contributed by atoms with Crippen molar-refractivity contribution in [1.82, 2.24) is 10.2 Å². The van der Waals surface area contributed by atoms with Gasteiger partial charge in [0.1, 0.15) is 24.1 Å². The minimum absolute atomic E-state index is 0.0427. The molecule has 0 aromatic heterocycles. The fourth-order valence-electron chi connectivity index (χ4n) is 12.0. The van der Waals surface area contributed by atoms with E-state index in [1.807, 2.05) is 13.8 Å². The number of hydrogen-bond acceptors (Lipinski definition) is 7. The number of carboxylic acid groups (broad SMARTS) is 1. The number of carboxylic acids is 1. The fraction of sp³-hybridized carbons (Fsp3) is 0.776. The molecule has 5 rings (SSSR count). The summed E-state index contributed by atoms with van der Waals surface area (Å²) in [4.78, 5) is 42.0. The molecule has 2 amide bonds. The summed E-state index contributed by atoms with van der Waals surface area (Å²) in [6.07, 6.45) is 13.3. The zero-order chi connectivity index (χ0) is 42.6. The SMILES string of the molecule is CC(C)CCC[C@@H](C)[C@H]1CCC2C3CC=C4CC([C@H](CC(=O)O)N(C(=O)Cc5ccc(OCC(O)CNC(C)C)cc5)C(=O)OC(C)(C)C)CC[C@]4(C)C3CC[C@@]21C. The van der Waals surface area contributed by atoms with Crippen LogP contribution in [0.5, 0.6) is 5.75 Å². The summed E-state index contributed by atoms with van der Waals surface area (Å²) in [5, 5.41) is 23.7. The first-order valence-electron chi connectivity index (χ1n) is 22.8. The first-order valence-corrected chi connectivity index (χ1v) is 22.8. The standard InChI is InChI=1S/C49H78N2O7/c1-31(2)12-11-13-33(5)40-20-21-41-39-19-16-36-27-35(22-24-48(36,9)42(39)23-25-49(40,41)10)43(28-45(54)55)51(46(56)58-47(6,7)8)44(53)26-34-14-17-38(18-15-34)57-30-37(52)29-50-32(3)4/h14-18,31-33,35,37,39-43,50,52H,11-13,19-30H2,1-10H3,(H,54,55)/t33-,35?,37?,39?,40-,41?,42?,43+,48+,49-/m1/s1. The molecule has 0 bridgehead atoms. The number of ether oxygens (including phenoxy) is 2. The van der Waals surface area contributed by atoms with Gasteiger partial charge in [0.15, 0.2) is 0 Å². The lowest BCUT2D eigenvalue weighted by atomic mass is 9.46. The molecule has 1 aromatic rings. The molecule has 58 heavy (non-hydrogen) atoms. The van der Waals surface area contributed by atoms with Crippen molar-refractivity contribution >= 4 is 18.0 Å². The number of fused-ring (bicyclic) bond motifs is 5. The maximum atomic E-state index is 14.3. The van der Waals surface area contributed by atoms with Gasteiger partial charge in [-0.25, -0.2) is 9.69 Å². The Labute approximate surface area is 350 Å². The van der Waals surface area contributed by atoms with Crippen LogP contribution in [0.15, 0.2) is 35.9 Å². The first-order chi connectivity index (χ1) is 27.2. The number of benzene rings is 1. The molecular formula is C49H78N2O7. The number of allylic oxidation sites excluding steroid dienone is 2. The van der Waals surface area contributed by atoms with E-state index in [9.17, 15) is 24.6 Å². The second-order valence-electron chi connectivity index (χ2n) is 21.1. The average Bonchev–Trinajstić information content (AvgIpc) is 3.49. The van der Waals surface area contributed by atoms with E-state index >= 15 is 0 Å². The smallest absolute Gasteiger partial charge is 0.417 e. The lowest BCUT2D eigenvalue weighted by Gasteiger charge is -2.59. The average molecular weight is 807 g/mol. The highest BCUT2D eigenvalue weighted by molar-refractivity contribution is 5.94. The Kier molecular flexibility index (Phi) is 15.3. The summed E-state index contributed by atoms with van der Waals surface area (Å²) in [6.45, 7) is 22.1. The van der Waals surface area contributed by atoms with Crippen molar-refractivity contribution in [3.8, 4) is 5.75 Å². The van der Waals surface area contributed by atoms with Gasteiger partial charge in [-0.1, -0.05) is 91.5 Å². The molecule has 5 unspecified atom stereocenters. The first kappa shape index (κ1) is 46.2. The van der Waals surface area contributed by atoms with Crippen LogP contribution in [0.25, 0.3) is 0 Å². The monoisotopic (exact) mass is 807 g/mol. The Morgan fingerprint density at radius 1 is 0.948 bits per heavy atom. The summed E-state index contributed by atoms with van der Waals surface area (Å²) >= 11 is 0. The van der Waals surface area contributed by atoms with Gasteiger partial charge in [0.25, 0.3) is 0 Å². The number of imide groups is 1. The topological polar surface area (TPSA) is 125 Å². The lowest BCUT2D eigenvalue weighted by molar-refractivity contribution is -0.141. The van der Waals surface area contributed by atoms with E-state index < -0.39 is 35.7 Å². The fourth-order valence-corrected chi connectivity index (χ4v) is 12.0. The minimum atomic E-state index is -1.04. The van der Waals surface area contributed by atoms with Crippen LogP contribution >= 0.6 is 0 Å². The number of aliphatic hydroxyl groups is 1. The molecule has 3 fully saturated rings. The van der Waals surface area contributed by atoms with Gasteiger partial charge < -0.3 is 25.0 Å². The van der Waals surface area contributed by atoms with Crippen LogP contribution < -0.4 is 10.1 Å². The van der Waals surface area contributed by atoms with Gasteiger partial charge in [0.2, 0.25) is 5.91 Å². The number of rotatable bonds is 17. The number of carbonyl (C=O) groups is 3. The predicted octanol–water partition coefficient (Wildman–Crippen LogP) is 10.2. The van der Waals surface area contributed by atoms with Crippen LogP contribution in [-0.4, -0.2) is 70.0 Å². The third kappa shape index (κ3) is 11.1. The number of amides is 2. The Morgan fingerprint density at radius 2 is 1.66 bits per heavy atom. The highest BCUT2D eigenvalue weighted by atomic mass is 16.6. The zero-order valence-corrected chi connectivity index (χ0v) is 37.6. The maximum absolute atomic E-state index is 14.3. The molecule has 9 nitrogen and oxygen atoms in total. The molecule has 3 N–H and O–H groups in total. The van der Waals surface area contributed by atoms with Crippen molar-refractivity contribution < 1.29 is 34.1 Å². The van der Waals surface area contributed by atoms with Gasteiger partial charge in [-0.05, 0) is 142 Å². The summed E-state index contributed by atoms with van der Waals surface area (Å²) < 4.78 is 11.6. The van der Waals surface area contributed by atoms with Crippen LogP contribution in [0.2, 0.25) is 0 Å². The quantitative estimate of drug-likeness (QED) is 0.133. The van der Waals surface area contributed by atoms with E-state index in [0.717, 1.165) is 47.8 Å². The van der Waals surface area contributed by atoms with Gasteiger partial charge in [0.05, 0.1) is 18.9 Å². The summed E-state index contributed by atoms with van der Waals surface area (Å²) in [5.74, 6) is 3.22. The van der Waals surface area contributed by atoms with E-state index in [4.69, 9.17) is 9.47 Å². The van der Waals surface area contributed by atoms with Crippen LogP contribution in [0, 0.1) is 52.3 Å². The van der Waals surface area contributed by atoms with E-state index in [0.29, 0.717) is 41.5 Å². The number of nitrogens with one attached hydrogen (secondary N) is 1. The van der Waals surface area contributed by atoms with Crippen LogP contribution in [0.4, 0.5) is 4.79 Å². The minimum Gasteiger partial charge on any atom is -0.491 e. The summed E-state index contributed by atoms with van der Waals surface area (Å²) in [7, 11) is 0. The Hall–Kier alpha value is -2.91. The lowest BCUT2D eigenvalue weighted by Crippen LogP contribution is -2.54. The van der Waals surface area contributed by atoms with E-state index in [2.05, 4.69) is 46.0 Å². The number of aliphatic carboxylic acids is 1. The third-order valence-corrected chi connectivity index (χ3v) is 14.9. The van der Waals surface area contributed by atoms with Gasteiger partial charge in [0, 0.05) is 12.6 Å². The second kappa shape index (κ2) is 19.2. The Bertz CT molecular complexity index is 1580. The molecule has 9 heteroatoms. The third-order valence-electron chi connectivity index (χ3n) is 14.9. The van der Waals surface area contributed by atoms with Crippen LogP contribution in [0.1, 0.15) is 152 Å². The molecule has 0 radical (unpaired) electrons. The van der Waals surface area contributed by atoms with Gasteiger partial charge in [-0.2, -0.15) is 0 Å². The van der Waals surface area contributed by atoms with Gasteiger partial charge in [-0.3, -0.25) is 9.59 Å². The van der Waals surface area contributed by atoms with Gasteiger partial charge in [-0.15, -0.1) is 0 Å². The van der Waals surface area contributed by atoms with Crippen molar-refractivity contribution in [2.24, 2.45) is 52.3 Å². The van der Waals surface area contributed by atoms with Crippen molar-refractivity contribution in [2.75, 3.05) is 13.2 Å². The van der Waals surface area contributed by atoms with Crippen molar-refractivity contribution in [3.05, 3.63) is 41.5 Å².